The first-order valence-corrected chi connectivity index (χ1v) is 8.14. The van der Waals surface area contributed by atoms with E-state index in [-0.39, 0.29) is 0 Å². The van der Waals surface area contributed by atoms with E-state index in [1.807, 2.05) is 6.92 Å². The van der Waals surface area contributed by atoms with E-state index in [1.54, 1.807) is 11.3 Å². The number of rotatable bonds is 4. The van der Waals surface area contributed by atoms with Crippen molar-refractivity contribution in [2.75, 3.05) is 11.9 Å². The molecule has 0 aliphatic carbocycles. The van der Waals surface area contributed by atoms with Gasteiger partial charge in [-0.1, -0.05) is 25.1 Å². The Morgan fingerprint density at radius 1 is 1.14 bits per heavy atom. The van der Waals surface area contributed by atoms with Gasteiger partial charge < -0.3 is 5.32 Å². The molecule has 0 spiro atoms. The fourth-order valence-electron chi connectivity index (χ4n) is 2.49. The van der Waals surface area contributed by atoms with Crippen molar-refractivity contribution in [3.05, 3.63) is 41.0 Å². The van der Waals surface area contributed by atoms with E-state index in [4.69, 9.17) is 4.98 Å². The van der Waals surface area contributed by atoms with E-state index >= 15 is 0 Å². The Hall–Kier alpha value is -1.94. The molecule has 1 N–H and O–H groups in total. The minimum Gasteiger partial charge on any atom is -0.370 e. The van der Waals surface area contributed by atoms with E-state index < -0.39 is 0 Å². The minimum atomic E-state index is 0.808. The lowest BCUT2D eigenvalue weighted by molar-refractivity contribution is 0.948. The molecule has 3 rings (SSSR count). The number of fused-ring (bicyclic) bond motifs is 1. The van der Waals surface area contributed by atoms with Crippen LogP contribution in [0.1, 0.15) is 24.7 Å². The van der Waals surface area contributed by atoms with Crippen molar-refractivity contribution in [3.63, 3.8) is 0 Å². The van der Waals surface area contributed by atoms with Gasteiger partial charge in [0, 0.05) is 22.4 Å². The molecule has 0 aliphatic rings. The Bertz CT molecular complexity index is 777. The molecule has 3 nitrogen and oxygen atoms in total. The van der Waals surface area contributed by atoms with Gasteiger partial charge in [0.1, 0.15) is 11.6 Å². The Morgan fingerprint density at radius 2 is 2.00 bits per heavy atom. The largest absolute Gasteiger partial charge is 0.370 e. The third kappa shape index (κ3) is 2.63. The molecular formula is C17H19N3S. The van der Waals surface area contributed by atoms with Crippen LogP contribution in [0.5, 0.6) is 0 Å². The number of hydrogen-bond donors (Lipinski definition) is 1. The first kappa shape index (κ1) is 14.0. The summed E-state index contributed by atoms with van der Waals surface area (Å²) in [7, 11) is 0. The monoisotopic (exact) mass is 297 g/mol. The summed E-state index contributed by atoms with van der Waals surface area (Å²) in [5.41, 5.74) is 3.36. The zero-order chi connectivity index (χ0) is 14.8. The molecule has 0 saturated carbocycles. The van der Waals surface area contributed by atoms with Crippen molar-refractivity contribution in [2.24, 2.45) is 0 Å². The smallest absolute Gasteiger partial charge is 0.133 e. The second-order valence-electron chi connectivity index (χ2n) is 5.16. The first-order valence-electron chi connectivity index (χ1n) is 7.26. The number of aryl methyl sites for hydroxylation is 1. The fraction of sp³-hybridized carbons (Fsp3) is 0.294. The van der Waals surface area contributed by atoms with Gasteiger partial charge in [0.05, 0.1) is 5.69 Å². The summed E-state index contributed by atoms with van der Waals surface area (Å²) in [6.45, 7) is 7.14. The summed E-state index contributed by atoms with van der Waals surface area (Å²) < 4.78 is 1.29. The van der Waals surface area contributed by atoms with Crippen LogP contribution < -0.4 is 5.32 Å². The summed E-state index contributed by atoms with van der Waals surface area (Å²) in [5, 5.41) is 6.81. The van der Waals surface area contributed by atoms with Crippen molar-refractivity contribution in [1.82, 2.24) is 9.97 Å². The van der Waals surface area contributed by atoms with Crippen molar-refractivity contribution in [3.8, 4) is 11.3 Å². The Kier molecular flexibility index (Phi) is 3.88. The molecule has 0 unspecified atom stereocenters. The predicted octanol–water partition coefficient (Wildman–Crippen LogP) is 4.80. The number of thiophene rings is 1. The van der Waals surface area contributed by atoms with Crippen LogP contribution in [0.3, 0.4) is 0 Å². The molecule has 108 valence electrons. The Balaban J connectivity index is 2.17. The van der Waals surface area contributed by atoms with Gasteiger partial charge in [-0.15, -0.1) is 11.3 Å². The number of anilines is 1. The van der Waals surface area contributed by atoms with Gasteiger partial charge in [0.2, 0.25) is 0 Å². The lowest BCUT2D eigenvalue weighted by Gasteiger charge is -2.13. The molecule has 4 heteroatoms. The molecule has 0 aliphatic heterocycles. The quantitative estimate of drug-likeness (QED) is 0.752. The second kappa shape index (κ2) is 5.82. The highest BCUT2D eigenvalue weighted by Crippen LogP contribution is 2.34. The zero-order valence-corrected chi connectivity index (χ0v) is 13.4. The molecule has 0 atom stereocenters. The van der Waals surface area contributed by atoms with Crippen molar-refractivity contribution in [2.45, 2.75) is 27.2 Å². The van der Waals surface area contributed by atoms with E-state index in [9.17, 15) is 0 Å². The van der Waals surface area contributed by atoms with Gasteiger partial charge in [0.25, 0.3) is 0 Å². The van der Waals surface area contributed by atoms with Crippen LogP contribution in [0.25, 0.3) is 21.3 Å². The number of hydrogen-bond acceptors (Lipinski definition) is 4. The summed E-state index contributed by atoms with van der Waals surface area (Å²) in [5.74, 6) is 1.76. The van der Waals surface area contributed by atoms with Crippen molar-refractivity contribution < 1.29 is 0 Å². The van der Waals surface area contributed by atoms with Gasteiger partial charge in [-0.3, -0.25) is 0 Å². The van der Waals surface area contributed by atoms with Crippen LogP contribution in [-0.4, -0.2) is 16.5 Å². The van der Waals surface area contributed by atoms with Crippen LogP contribution >= 0.6 is 11.3 Å². The van der Waals surface area contributed by atoms with Gasteiger partial charge >= 0.3 is 0 Å². The Labute approximate surface area is 129 Å². The van der Waals surface area contributed by atoms with Crippen molar-refractivity contribution in [1.29, 1.82) is 0 Å². The normalized spacial score (nSPS) is 11.0. The van der Waals surface area contributed by atoms with Gasteiger partial charge in [0.15, 0.2) is 0 Å². The van der Waals surface area contributed by atoms with Crippen molar-refractivity contribution >= 4 is 27.2 Å². The molecule has 0 saturated heterocycles. The van der Waals surface area contributed by atoms with Crippen LogP contribution in [0.2, 0.25) is 0 Å². The number of nitrogens with zero attached hydrogens (tertiary/aromatic N) is 2. The lowest BCUT2D eigenvalue weighted by atomic mass is 10.1. The zero-order valence-electron chi connectivity index (χ0n) is 12.6. The standard InChI is InChI=1S/C17H19N3S/c1-4-9-18-17-11(2)15(19-12(3)20-17)14-7-5-6-13-8-10-21-16(13)14/h5-8,10H,4,9H2,1-3H3,(H,18,19,20). The summed E-state index contributed by atoms with van der Waals surface area (Å²) >= 11 is 1.77. The topological polar surface area (TPSA) is 37.8 Å². The summed E-state index contributed by atoms with van der Waals surface area (Å²) in [4.78, 5) is 9.24. The average molecular weight is 297 g/mol. The third-order valence-corrected chi connectivity index (χ3v) is 4.50. The maximum atomic E-state index is 4.70. The minimum absolute atomic E-state index is 0.808. The van der Waals surface area contributed by atoms with E-state index in [0.717, 1.165) is 35.9 Å². The van der Waals surface area contributed by atoms with Crippen LogP contribution in [-0.2, 0) is 0 Å². The first-order chi connectivity index (χ1) is 10.2. The molecule has 0 fully saturated rings. The summed E-state index contributed by atoms with van der Waals surface area (Å²) in [6, 6.07) is 8.55. The molecule has 2 heterocycles. The SMILES string of the molecule is CCCNc1nc(C)nc(-c2cccc3ccsc23)c1C. The number of nitrogens with one attached hydrogen (secondary N) is 1. The third-order valence-electron chi connectivity index (χ3n) is 3.53. The molecular weight excluding hydrogens is 278 g/mol. The number of benzene rings is 1. The van der Waals surface area contributed by atoms with Gasteiger partial charge in [-0.05, 0) is 37.1 Å². The highest BCUT2D eigenvalue weighted by atomic mass is 32.1. The predicted molar refractivity (Wildman–Crippen MR) is 91.1 cm³/mol. The second-order valence-corrected chi connectivity index (χ2v) is 6.08. The van der Waals surface area contributed by atoms with Gasteiger partial charge in [-0.25, -0.2) is 9.97 Å². The number of aromatic nitrogens is 2. The van der Waals surface area contributed by atoms with Crippen LogP contribution in [0, 0.1) is 13.8 Å². The van der Waals surface area contributed by atoms with E-state index in [1.165, 1.54) is 15.6 Å². The highest BCUT2D eigenvalue weighted by Gasteiger charge is 2.13. The molecule has 1 aromatic carbocycles. The maximum absolute atomic E-state index is 4.70. The highest BCUT2D eigenvalue weighted by molar-refractivity contribution is 7.17. The Morgan fingerprint density at radius 3 is 2.81 bits per heavy atom. The summed E-state index contributed by atoms with van der Waals surface area (Å²) in [6.07, 6.45) is 1.08. The van der Waals surface area contributed by atoms with E-state index in [2.05, 4.69) is 53.8 Å². The molecule has 21 heavy (non-hydrogen) atoms. The fourth-order valence-corrected chi connectivity index (χ4v) is 3.40. The van der Waals surface area contributed by atoms with Gasteiger partial charge in [-0.2, -0.15) is 0 Å². The molecule has 0 amide bonds. The maximum Gasteiger partial charge on any atom is 0.133 e. The van der Waals surface area contributed by atoms with E-state index in [0.29, 0.717) is 0 Å². The molecule has 0 bridgehead atoms. The molecule has 2 aromatic heterocycles. The molecule has 0 radical (unpaired) electrons. The molecule has 3 aromatic rings. The van der Waals surface area contributed by atoms with Crippen LogP contribution in [0.4, 0.5) is 5.82 Å². The average Bonchev–Trinajstić information content (AvgIpc) is 2.96. The van der Waals surface area contributed by atoms with Crippen LogP contribution in [0.15, 0.2) is 29.6 Å². The lowest BCUT2D eigenvalue weighted by Crippen LogP contribution is -2.07.